The number of likely N-dealkylation sites (tertiary alicyclic amines) is 1. The van der Waals surface area contributed by atoms with Crippen LogP contribution in [-0.2, 0) is 9.59 Å². The Hall–Kier alpha value is -3.52. The van der Waals surface area contributed by atoms with Gasteiger partial charge in [-0.15, -0.1) is 11.8 Å². The van der Waals surface area contributed by atoms with E-state index in [1.54, 1.807) is 16.8 Å². The number of piperidine rings is 1. The number of alkyl halides is 2. The zero-order valence-electron chi connectivity index (χ0n) is 21.0. The number of aromatic nitrogens is 3. The predicted molar refractivity (Wildman–Crippen MR) is 141 cm³/mol. The third-order valence-corrected chi connectivity index (χ3v) is 8.43. The van der Waals surface area contributed by atoms with Crippen molar-refractivity contribution in [2.45, 2.75) is 49.3 Å². The lowest BCUT2D eigenvalue weighted by Crippen LogP contribution is -2.43. The Morgan fingerprint density at radius 2 is 2.03 bits per heavy atom. The Morgan fingerprint density at radius 1 is 1.23 bits per heavy atom. The van der Waals surface area contributed by atoms with E-state index >= 15 is 0 Å². The van der Waals surface area contributed by atoms with E-state index in [2.05, 4.69) is 26.4 Å². The predicted octanol–water partition coefficient (Wildman–Crippen LogP) is 2.39. The second-order valence-electron chi connectivity index (χ2n) is 10.2. The lowest BCUT2D eigenvalue weighted by atomic mass is 10.1. The Labute approximate surface area is 226 Å². The molecule has 1 aliphatic carbocycles. The molecule has 2 aromatic rings. The number of fused-ring (bicyclic) bond motifs is 1. The number of rotatable bonds is 8. The molecule has 2 saturated heterocycles. The van der Waals surface area contributed by atoms with Crippen LogP contribution < -0.4 is 21.3 Å². The molecular weight excluding hydrogens is 530 g/mol. The van der Waals surface area contributed by atoms with Crippen LogP contribution in [0.3, 0.4) is 0 Å². The number of amides is 4. The molecule has 2 aromatic heterocycles. The van der Waals surface area contributed by atoms with Gasteiger partial charge in [0.15, 0.2) is 5.65 Å². The van der Waals surface area contributed by atoms with Gasteiger partial charge in [0.1, 0.15) is 11.5 Å². The van der Waals surface area contributed by atoms with Crippen LogP contribution >= 0.6 is 11.8 Å². The first-order valence-electron chi connectivity index (χ1n) is 13.0. The van der Waals surface area contributed by atoms with Gasteiger partial charge in [-0.25, -0.2) is 18.6 Å². The van der Waals surface area contributed by atoms with Crippen molar-refractivity contribution < 1.29 is 23.2 Å². The number of anilines is 1. The van der Waals surface area contributed by atoms with Gasteiger partial charge in [-0.2, -0.15) is 9.61 Å². The highest BCUT2D eigenvalue weighted by atomic mass is 32.2. The number of carbonyl (C=O) groups is 3. The van der Waals surface area contributed by atoms with Crippen molar-refractivity contribution in [1.82, 2.24) is 35.4 Å². The van der Waals surface area contributed by atoms with E-state index in [0.717, 1.165) is 24.4 Å². The fourth-order valence-corrected chi connectivity index (χ4v) is 5.86. The maximum absolute atomic E-state index is 13.4. The highest BCUT2D eigenvalue weighted by Gasteiger charge is 2.34. The SMILES string of the molecule is O=C1NC(=O)/C(=C/c2cnn3c(NC4CC4)cc(C4CC=C(C(=O)NCCN5CCC(F)(F)CC5)S4)nc23)N1. The summed E-state index contributed by atoms with van der Waals surface area (Å²) in [6.45, 7) is 1.59. The number of urea groups is 1. The molecule has 11 nitrogen and oxygen atoms in total. The van der Waals surface area contributed by atoms with Crippen LogP contribution in [0.4, 0.5) is 19.4 Å². The van der Waals surface area contributed by atoms with E-state index in [4.69, 9.17) is 4.98 Å². The minimum absolute atomic E-state index is 0.0929. The summed E-state index contributed by atoms with van der Waals surface area (Å²) in [6, 6.07) is 1.72. The van der Waals surface area contributed by atoms with Gasteiger partial charge in [-0.3, -0.25) is 14.9 Å². The Bertz CT molecular complexity index is 1390. The number of thioether (sulfide) groups is 1. The molecule has 5 heterocycles. The molecule has 39 heavy (non-hydrogen) atoms. The molecular formula is C25H28F2N8O3S. The molecule has 0 bridgehead atoms. The molecule has 6 rings (SSSR count). The van der Waals surface area contributed by atoms with Crippen molar-refractivity contribution in [2.24, 2.45) is 0 Å². The molecule has 0 radical (unpaired) electrons. The van der Waals surface area contributed by atoms with Crippen LogP contribution in [0.25, 0.3) is 11.7 Å². The molecule has 1 atom stereocenters. The standard InChI is InChI=1S/C25H28F2N8O3S/c26-25(27)5-8-34(9-6-25)10-7-28-23(37)19-4-3-18(39-19)16-12-20(30-15-1-2-15)35-21(31-16)14(13-29-35)11-17-22(36)33-24(38)32-17/h4,11-13,15,18,30H,1-3,5-10H2,(H,28,37)(H2,32,33,36,38)/b17-11-. The van der Waals surface area contributed by atoms with Gasteiger partial charge < -0.3 is 20.9 Å². The quantitative estimate of drug-likeness (QED) is 0.287. The average Bonchev–Trinajstić information content (AvgIpc) is 3.27. The molecule has 1 saturated carbocycles. The van der Waals surface area contributed by atoms with Gasteiger partial charge >= 0.3 is 6.03 Å². The van der Waals surface area contributed by atoms with Crippen LogP contribution in [0.2, 0.25) is 0 Å². The zero-order chi connectivity index (χ0) is 27.1. The largest absolute Gasteiger partial charge is 0.367 e. The Morgan fingerprint density at radius 3 is 2.74 bits per heavy atom. The maximum atomic E-state index is 13.4. The number of imide groups is 1. The third-order valence-electron chi connectivity index (χ3n) is 7.11. The van der Waals surface area contributed by atoms with Crippen LogP contribution in [-0.4, -0.2) is 75.5 Å². The molecule has 4 N–H and O–H groups in total. The summed E-state index contributed by atoms with van der Waals surface area (Å²) in [5.41, 5.74) is 1.99. The summed E-state index contributed by atoms with van der Waals surface area (Å²) in [6.07, 6.45) is 7.49. The Kier molecular flexibility index (Phi) is 6.75. The van der Waals surface area contributed by atoms with E-state index < -0.39 is 17.9 Å². The first kappa shape index (κ1) is 25.7. The Balaban J connectivity index is 1.14. The van der Waals surface area contributed by atoms with Crippen molar-refractivity contribution in [3.05, 3.63) is 40.2 Å². The summed E-state index contributed by atoms with van der Waals surface area (Å²) in [5, 5.41) is 15.4. The molecule has 206 valence electrons. The van der Waals surface area contributed by atoms with Crippen molar-refractivity contribution in [3.63, 3.8) is 0 Å². The molecule has 4 amide bonds. The van der Waals surface area contributed by atoms with Gasteiger partial charge in [0.2, 0.25) is 0 Å². The van der Waals surface area contributed by atoms with Crippen molar-refractivity contribution in [3.8, 4) is 0 Å². The highest BCUT2D eigenvalue weighted by molar-refractivity contribution is 8.04. The number of nitrogens with zero attached hydrogens (tertiary/aromatic N) is 4. The average molecular weight is 559 g/mol. The number of halogens is 2. The van der Waals surface area contributed by atoms with Crippen LogP contribution in [0.15, 0.2) is 28.9 Å². The lowest BCUT2D eigenvalue weighted by Gasteiger charge is -2.31. The van der Waals surface area contributed by atoms with Crippen LogP contribution in [0.1, 0.15) is 48.6 Å². The maximum Gasteiger partial charge on any atom is 0.326 e. The summed E-state index contributed by atoms with van der Waals surface area (Å²) in [7, 11) is 0. The first-order chi connectivity index (χ1) is 18.7. The number of carbonyl (C=O) groups excluding carboxylic acids is 3. The second kappa shape index (κ2) is 10.2. The second-order valence-corrected chi connectivity index (χ2v) is 11.4. The molecule has 3 aliphatic heterocycles. The van der Waals surface area contributed by atoms with E-state index in [1.807, 2.05) is 17.0 Å². The van der Waals surface area contributed by atoms with E-state index in [1.165, 1.54) is 11.8 Å². The van der Waals surface area contributed by atoms with E-state index in [9.17, 15) is 23.2 Å². The minimum atomic E-state index is -2.58. The van der Waals surface area contributed by atoms with Crippen molar-refractivity contribution >= 4 is 47.1 Å². The van der Waals surface area contributed by atoms with Gasteiger partial charge in [0.05, 0.1) is 22.0 Å². The lowest BCUT2D eigenvalue weighted by molar-refractivity contribution is -0.117. The molecule has 1 unspecified atom stereocenters. The first-order valence-corrected chi connectivity index (χ1v) is 13.9. The van der Waals surface area contributed by atoms with Gasteiger partial charge in [-0.05, 0) is 25.3 Å². The molecule has 0 aromatic carbocycles. The number of hydrogen-bond donors (Lipinski definition) is 4. The molecule has 0 spiro atoms. The summed E-state index contributed by atoms with van der Waals surface area (Å²) in [4.78, 5) is 43.7. The fourth-order valence-electron chi connectivity index (χ4n) is 4.75. The summed E-state index contributed by atoms with van der Waals surface area (Å²) >= 11 is 1.43. The van der Waals surface area contributed by atoms with Crippen molar-refractivity contribution in [2.75, 3.05) is 31.5 Å². The fraction of sp³-hybridized carbons (Fsp3) is 0.480. The van der Waals surface area contributed by atoms with Gasteiger partial charge in [-0.1, -0.05) is 6.08 Å². The number of allylic oxidation sites excluding steroid dienone is 1. The van der Waals surface area contributed by atoms with Gasteiger partial charge in [0, 0.05) is 56.7 Å². The van der Waals surface area contributed by atoms with Gasteiger partial charge in [0.25, 0.3) is 17.7 Å². The summed E-state index contributed by atoms with van der Waals surface area (Å²) in [5.74, 6) is -2.51. The molecule has 14 heteroatoms. The third kappa shape index (κ3) is 5.76. The van der Waals surface area contributed by atoms with E-state index in [-0.39, 0.29) is 29.7 Å². The van der Waals surface area contributed by atoms with Crippen LogP contribution in [0.5, 0.6) is 0 Å². The topological polar surface area (TPSA) is 133 Å². The minimum Gasteiger partial charge on any atom is -0.367 e. The van der Waals surface area contributed by atoms with Crippen LogP contribution in [0, 0.1) is 0 Å². The molecule has 4 aliphatic rings. The van der Waals surface area contributed by atoms with E-state index in [0.29, 0.717) is 54.8 Å². The normalized spacial score (nSPS) is 24.1. The summed E-state index contributed by atoms with van der Waals surface area (Å²) < 4.78 is 28.4. The number of hydrogen-bond acceptors (Lipinski definition) is 8. The zero-order valence-corrected chi connectivity index (χ0v) is 21.8. The molecule has 3 fully saturated rings. The monoisotopic (exact) mass is 558 g/mol. The smallest absolute Gasteiger partial charge is 0.326 e. The number of nitrogens with one attached hydrogen (secondary N) is 4. The highest BCUT2D eigenvalue weighted by Crippen LogP contribution is 2.44. The van der Waals surface area contributed by atoms with Crippen molar-refractivity contribution in [1.29, 1.82) is 0 Å².